The van der Waals surface area contributed by atoms with Crippen LogP contribution >= 0.6 is 0 Å². The number of hydrogen-bond acceptors (Lipinski definition) is 2. The fourth-order valence-corrected chi connectivity index (χ4v) is 2.48. The van der Waals surface area contributed by atoms with E-state index >= 15 is 0 Å². The number of benzene rings is 2. The molecule has 0 radical (unpaired) electrons. The first-order valence-corrected chi connectivity index (χ1v) is 6.80. The number of halogens is 1. The minimum atomic E-state index is -0.283. The van der Waals surface area contributed by atoms with Crippen molar-refractivity contribution in [3.8, 4) is 0 Å². The van der Waals surface area contributed by atoms with Crippen molar-refractivity contribution in [1.29, 1.82) is 0 Å². The monoisotopic (exact) mass is 285 g/mol. The van der Waals surface area contributed by atoms with Crippen LogP contribution in [0.2, 0.25) is 0 Å². The number of urea groups is 1. The van der Waals surface area contributed by atoms with Crippen molar-refractivity contribution >= 4 is 17.4 Å². The van der Waals surface area contributed by atoms with Crippen molar-refractivity contribution in [3.05, 3.63) is 59.9 Å². The van der Waals surface area contributed by atoms with Gasteiger partial charge in [-0.25, -0.2) is 9.18 Å². The average molecular weight is 285 g/mol. The van der Waals surface area contributed by atoms with Gasteiger partial charge in [0.25, 0.3) is 0 Å². The van der Waals surface area contributed by atoms with E-state index in [2.05, 4.69) is 0 Å². The molecule has 2 N–H and O–H groups in total. The molecule has 0 saturated carbocycles. The molecular weight excluding hydrogens is 269 g/mol. The van der Waals surface area contributed by atoms with Gasteiger partial charge in [0.15, 0.2) is 0 Å². The Hall–Kier alpha value is -2.56. The highest BCUT2D eigenvalue weighted by Gasteiger charge is 2.29. The second-order valence-electron chi connectivity index (χ2n) is 5.08. The second-order valence-corrected chi connectivity index (χ2v) is 5.08. The van der Waals surface area contributed by atoms with E-state index in [1.165, 1.54) is 12.1 Å². The van der Waals surface area contributed by atoms with E-state index < -0.39 is 0 Å². The van der Waals surface area contributed by atoms with Crippen LogP contribution in [0.25, 0.3) is 0 Å². The molecule has 2 amide bonds. The van der Waals surface area contributed by atoms with E-state index in [1.807, 2.05) is 18.2 Å². The van der Waals surface area contributed by atoms with Crippen molar-refractivity contribution in [2.45, 2.75) is 6.54 Å². The van der Waals surface area contributed by atoms with Gasteiger partial charge >= 0.3 is 6.03 Å². The minimum absolute atomic E-state index is 0.0657. The van der Waals surface area contributed by atoms with E-state index in [9.17, 15) is 9.18 Å². The molecule has 1 aliphatic rings. The molecule has 0 bridgehead atoms. The van der Waals surface area contributed by atoms with Crippen molar-refractivity contribution in [2.75, 3.05) is 23.7 Å². The highest BCUT2D eigenvalue weighted by molar-refractivity contribution is 5.94. The normalized spacial score (nSPS) is 14.8. The SMILES string of the molecule is Nc1ccc(N2CCN(Cc3cccc(F)c3)C2=O)cc1. The van der Waals surface area contributed by atoms with Gasteiger partial charge in [-0.3, -0.25) is 4.90 Å². The highest BCUT2D eigenvalue weighted by atomic mass is 19.1. The maximum absolute atomic E-state index is 13.2. The molecule has 5 heteroatoms. The van der Waals surface area contributed by atoms with Crippen molar-refractivity contribution in [2.24, 2.45) is 0 Å². The van der Waals surface area contributed by atoms with Crippen LogP contribution in [0.15, 0.2) is 48.5 Å². The Labute approximate surface area is 122 Å². The maximum Gasteiger partial charge on any atom is 0.324 e. The van der Waals surface area contributed by atoms with Gasteiger partial charge in [-0.2, -0.15) is 0 Å². The second kappa shape index (κ2) is 5.44. The fraction of sp³-hybridized carbons (Fsp3) is 0.188. The number of anilines is 2. The Kier molecular flexibility index (Phi) is 3.48. The number of nitrogens with two attached hydrogens (primary N) is 1. The molecule has 1 fully saturated rings. The topological polar surface area (TPSA) is 49.6 Å². The number of nitrogen functional groups attached to an aromatic ring is 1. The smallest absolute Gasteiger partial charge is 0.324 e. The van der Waals surface area contributed by atoms with Crippen LogP contribution in [0.1, 0.15) is 5.56 Å². The van der Waals surface area contributed by atoms with Gasteiger partial charge in [0, 0.05) is 31.0 Å². The van der Waals surface area contributed by atoms with E-state index in [0.29, 0.717) is 25.3 Å². The molecule has 1 aliphatic heterocycles. The number of rotatable bonds is 3. The third-order valence-corrected chi connectivity index (χ3v) is 3.56. The first-order chi connectivity index (χ1) is 10.1. The molecule has 2 aromatic carbocycles. The summed E-state index contributed by atoms with van der Waals surface area (Å²) in [5.74, 6) is -0.283. The highest BCUT2D eigenvalue weighted by Crippen LogP contribution is 2.22. The van der Waals surface area contributed by atoms with Crippen LogP contribution in [0.3, 0.4) is 0 Å². The van der Waals surface area contributed by atoms with Crippen molar-refractivity contribution < 1.29 is 9.18 Å². The first kappa shape index (κ1) is 13.4. The zero-order valence-electron chi connectivity index (χ0n) is 11.5. The summed E-state index contributed by atoms with van der Waals surface area (Å²) in [4.78, 5) is 15.8. The lowest BCUT2D eigenvalue weighted by Crippen LogP contribution is -2.31. The summed E-state index contributed by atoms with van der Waals surface area (Å²) >= 11 is 0. The maximum atomic E-state index is 13.2. The molecule has 0 spiro atoms. The summed E-state index contributed by atoms with van der Waals surface area (Å²) in [6, 6.07) is 13.5. The van der Waals surface area contributed by atoms with Crippen LogP contribution in [0.4, 0.5) is 20.6 Å². The van der Waals surface area contributed by atoms with Gasteiger partial charge in [-0.15, -0.1) is 0 Å². The van der Waals surface area contributed by atoms with E-state index in [0.717, 1.165) is 11.3 Å². The molecule has 1 heterocycles. The third kappa shape index (κ3) is 2.81. The van der Waals surface area contributed by atoms with E-state index in [1.54, 1.807) is 28.0 Å². The van der Waals surface area contributed by atoms with Crippen molar-refractivity contribution in [1.82, 2.24) is 4.90 Å². The number of nitrogens with zero attached hydrogens (tertiary/aromatic N) is 2. The quantitative estimate of drug-likeness (QED) is 0.882. The van der Waals surface area contributed by atoms with Gasteiger partial charge in [0.2, 0.25) is 0 Å². The number of hydrogen-bond donors (Lipinski definition) is 1. The summed E-state index contributed by atoms with van der Waals surface area (Å²) < 4.78 is 13.2. The van der Waals surface area contributed by atoms with Gasteiger partial charge in [0.05, 0.1) is 0 Å². The minimum Gasteiger partial charge on any atom is -0.399 e. The number of carbonyl (C=O) groups excluding carboxylic acids is 1. The lowest BCUT2D eigenvalue weighted by atomic mass is 10.2. The Morgan fingerprint density at radius 3 is 2.57 bits per heavy atom. The molecule has 0 aromatic heterocycles. The van der Waals surface area contributed by atoms with Crippen LogP contribution in [-0.4, -0.2) is 24.0 Å². The Balaban J connectivity index is 1.73. The molecule has 0 aliphatic carbocycles. The zero-order valence-corrected chi connectivity index (χ0v) is 11.5. The molecular formula is C16H16FN3O. The van der Waals surface area contributed by atoms with Gasteiger partial charge in [-0.1, -0.05) is 12.1 Å². The molecule has 4 nitrogen and oxygen atoms in total. The van der Waals surface area contributed by atoms with E-state index in [4.69, 9.17) is 5.73 Å². The number of amides is 2. The Bertz CT molecular complexity index is 657. The molecule has 2 aromatic rings. The summed E-state index contributed by atoms with van der Waals surface area (Å²) in [7, 11) is 0. The average Bonchev–Trinajstić information content (AvgIpc) is 2.81. The predicted octanol–water partition coefficient (Wildman–Crippen LogP) is 2.85. The Morgan fingerprint density at radius 1 is 1.10 bits per heavy atom. The van der Waals surface area contributed by atoms with Crippen LogP contribution in [0, 0.1) is 5.82 Å². The summed E-state index contributed by atoms with van der Waals surface area (Å²) in [5.41, 5.74) is 7.95. The van der Waals surface area contributed by atoms with Crippen LogP contribution in [0.5, 0.6) is 0 Å². The molecule has 0 atom stereocenters. The molecule has 0 unspecified atom stereocenters. The standard InChI is InChI=1S/C16H16FN3O/c17-13-3-1-2-12(10-13)11-19-8-9-20(16(19)21)15-6-4-14(18)5-7-15/h1-7,10H,8-9,11,18H2. The molecule has 3 rings (SSSR count). The largest absolute Gasteiger partial charge is 0.399 e. The molecule has 1 saturated heterocycles. The lowest BCUT2D eigenvalue weighted by Gasteiger charge is -2.19. The molecule has 21 heavy (non-hydrogen) atoms. The van der Waals surface area contributed by atoms with Crippen molar-refractivity contribution in [3.63, 3.8) is 0 Å². The fourth-order valence-electron chi connectivity index (χ4n) is 2.48. The first-order valence-electron chi connectivity index (χ1n) is 6.80. The summed E-state index contributed by atoms with van der Waals surface area (Å²) in [6.45, 7) is 1.67. The van der Waals surface area contributed by atoms with Gasteiger partial charge in [0.1, 0.15) is 5.82 Å². The Morgan fingerprint density at radius 2 is 1.86 bits per heavy atom. The summed E-state index contributed by atoms with van der Waals surface area (Å²) in [6.07, 6.45) is 0. The summed E-state index contributed by atoms with van der Waals surface area (Å²) in [5, 5.41) is 0. The number of carbonyl (C=O) groups is 1. The molecule has 108 valence electrons. The van der Waals surface area contributed by atoms with E-state index in [-0.39, 0.29) is 11.8 Å². The predicted molar refractivity (Wildman–Crippen MR) is 80.4 cm³/mol. The van der Waals surface area contributed by atoms with Gasteiger partial charge < -0.3 is 10.6 Å². The zero-order chi connectivity index (χ0) is 14.8. The van der Waals surface area contributed by atoms with Crippen LogP contribution < -0.4 is 10.6 Å². The van der Waals surface area contributed by atoms with Gasteiger partial charge in [-0.05, 0) is 42.0 Å². The third-order valence-electron chi connectivity index (χ3n) is 3.56. The lowest BCUT2D eigenvalue weighted by molar-refractivity contribution is 0.218. The van der Waals surface area contributed by atoms with Crippen LogP contribution in [-0.2, 0) is 6.54 Å².